The number of carbonyl (C=O) groups excluding carboxylic acids is 1. The van der Waals surface area contributed by atoms with Gasteiger partial charge in [0, 0.05) is 5.25 Å². The smallest absolute Gasteiger partial charge is 0.178 e. The fourth-order valence-electron chi connectivity index (χ4n) is 2.08. The molecule has 2 rings (SSSR count). The standard InChI is InChI=1S/C13H14F2OS/c14-10-6-3-7-11(15)13(10)12(16)8-17-9-4-1-2-5-9/h3,6-7,9H,1-2,4-5,8H2. The van der Waals surface area contributed by atoms with Gasteiger partial charge in [-0.15, -0.1) is 0 Å². The Morgan fingerprint density at radius 3 is 2.41 bits per heavy atom. The number of Topliss-reactive ketones (excluding diaryl/α,β-unsaturated/α-hetero) is 1. The van der Waals surface area contributed by atoms with Crippen molar-refractivity contribution >= 4 is 17.5 Å². The number of thioether (sulfide) groups is 1. The fourth-order valence-corrected chi connectivity index (χ4v) is 3.28. The van der Waals surface area contributed by atoms with E-state index < -0.39 is 23.0 Å². The zero-order valence-electron chi connectivity index (χ0n) is 9.42. The molecule has 0 aliphatic heterocycles. The van der Waals surface area contributed by atoms with E-state index in [1.165, 1.54) is 30.7 Å². The molecule has 4 heteroatoms. The van der Waals surface area contributed by atoms with Crippen molar-refractivity contribution in [3.05, 3.63) is 35.4 Å². The van der Waals surface area contributed by atoms with Crippen molar-refractivity contribution < 1.29 is 13.6 Å². The van der Waals surface area contributed by atoms with Gasteiger partial charge in [-0.25, -0.2) is 8.78 Å². The lowest BCUT2D eigenvalue weighted by molar-refractivity contribution is 0.101. The van der Waals surface area contributed by atoms with Gasteiger partial charge in [-0.3, -0.25) is 4.79 Å². The van der Waals surface area contributed by atoms with Gasteiger partial charge in [0.1, 0.15) is 11.6 Å². The summed E-state index contributed by atoms with van der Waals surface area (Å²) in [5.74, 6) is -1.80. The molecule has 0 unspecified atom stereocenters. The van der Waals surface area contributed by atoms with Gasteiger partial charge < -0.3 is 0 Å². The summed E-state index contributed by atoms with van der Waals surface area (Å²) in [6.07, 6.45) is 4.61. The maximum atomic E-state index is 13.3. The Kier molecular flexibility index (Phi) is 4.15. The van der Waals surface area contributed by atoms with Gasteiger partial charge in [0.05, 0.1) is 11.3 Å². The molecule has 1 aliphatic rings. The lowest BCUT2D eigenvalue weighted by Gasteiger charge is -2.08. The molecule has 0 radical (unpaired) electrons. The zero-order valence-corrected chi connectivity index (χ0v) is 10.2. The number of benzene rings is 1. The van der Waals surface area contributed by atoms with E-state index in [0.29, 0.717) is 5.25 Å². The molecule has 0 aromatic heterocycles. The Hall–Kier alpha value is -0.900. The van der Waals surface area contributed by atoms with Crippen molar-refractivity contribution in [1.29, 1.82) is 0 Å². The van der Waals surface area contributed by atoms with Gasteiger partial charge in [-0.1, -0.05) is 18.9 Å². The number of carbonyl (C=O) groups is 1. The molecular formula is C13H14F2OS. The highest BCUT2D eigenvalue weighted by atomic mass is 32.2. The predicted molar refractivity (Wildman–Crippen MR) is 65.4 cm³/mol. The van der Waals surface area contributed by atoms with Gasteiger partial charge in [0.2, 0.25) is 0 Å². The molecule has 0 atom stereocenters. The summed E-state index contributed by atoms with van der Waals surface area (Å²) in [5, 5.41) is 0.480. The molecule has 1 aromatic carbocycles. The molecule has 1 saturated carbocycles. The van der Waals surface area contributed by atoms with Crippen LogP contribution in [0.3, 0.4) is 0 Å². The van der Waals surface area contributed by atoms with Crippen LogP contribution in [-0.4, -0.2) is 16.8 Å². The molecule has 1 nitrogen and oxygen atoms in total. The third-order valence-corrected chi connectivity index (χ3v) is 4.37. The molecule has 0 heterocycles. The third-order valence-electron chi connectivity index (χ3n) is 2.99. The first-order valence-corrected chi connectivity index (χ1v) is 6.82. The van der Waals surface area contributed by atoms with Gasteiger partial charge in [0.15, 0.2) is 5.78 Å². The number of halogens is 2. The van der Waals surface area contributed by atoms with E-state index in [2.05, 4.69) is 0 Å². The maximum absolute atomic E-state index is 13.3. The van der Waals surface area contributed by atoms with E-state index in [9.17, 15) is 13.6 Å². The second kappa shape index (κ2) is 5.63. The molecule has 0 N–H and O–H groups in total. The second-order valence-electron chi connectivity index (χ2n) is 4.24. The average Bonchev–Trinajstić information content (AvgIpc) is 2.79. The highest BCUT2D eigenvalue weighted by Gasteiger charge is 2.20. The molecule has 92 valence electrons. The number of ketones is 1. The van der Waals surface area contributed by atoms with Crippen molar-refractivity contribution in [2.45, 2.75) is 30.9 Å². The summed E-state index contributed by atoms with van der Waals surface area (Å²) in [5.41, 5.74) is -0.391. The quantitative estimate of drug-likeness (QED) is 0.762. The van der Waals surface area contributed by atoms with E-state index in [1.54, 1.807) is 0 Å². The molecule has 0 bridgehead atoms. The van der Waals surface area contributed by atoms with Crippen LogP contribution in [0.1, 0.15) is 36.0 Å². The molecule has 0 saturated heterocycles. The summed E-state index contributed by atoms with van der Waals surface area (Å²) in [4.78, 5) is 11.7. The molecular weight excluding hydrogens is 242 g/mol. The normalized spacial score (nSPS) is 16.4. The zero-order chi connectivity index (χ0) is 12.3. The van der Waals surface area contributed by atoms with Crippen LogP contribution in [0.25, 0.3) is 0 Å². The van der Waals surface area contributed by atoms with Crippen LogP contribution in [0.2, 0.25) is 0 Å². The van der Waals surface area contributed by atoms with Crippen molar-refractivity contribution in [2.24, 2.45) is 0 Å². The summed E-state index contributed by atoms with van der Waals surface area (Å²) in [6, 6.07) is 3.51. The molecule has 1 fully saturated rings. The minimum absolute atomic E-state index is 0.169. The molecule has 0 spiro atoms. The first-order valence-electron chi connectivity index (χ1n) is 5.77. The second-order valence-corrected chi connectivity index (χ2v) is 5.53. The Labute approximate surface area is 104 Å². The van der Waals surface area contributed by atoms with E-state index in [4.69, 9.17) is 0 Å². The Balaban J connectivity index is 1.99. The fraction of sp³-hybridized carbons (Fsp3) is 0.462. The summed E-state index contributed by atoms with van der Waals surface area (Å²) >= 11 is 1.52. The Morgan fingerprint density at radius 2 is 1.82 bits per heavy atom. The van der Waals surface area contributed by atoms with E-state index in [0.717, 1.165) is 25.0 Å². The molecule has 1 aromatic rings. The highest BCUT2D eigenvalue weighted by molar-refractivity contribution is 8.00. The van der Waals surface area contributed by atoms with Gasteiger partial charge in [0.25, 0.3) is 0 Å². The van der Waals surface area contributed by atoms with Gasteiger partial charge in [-0.2, -0.15) is 11.8 Å². The van der Waals surface area contributed by atoms with Crippen molar-refractivity contribution in [2.75, 3.05) is 5.75 Å². The number of hydrogen-bond donors (Lipinski definition) is 0. The van der Waals surface area contributed by atoms with E-state index >= 15 is 0 Å². The van der Waals surface area contributed by atoms with Gasteiger partial charge >= 0.3 is 0 Å². The predicted octanol–water partition coefficient (Wildman–Crippen LogP) is 3.82. The van der Waals surface area contributed by atoms with Crippen molar-refractivity contribution in [3.63, 3.8) is 0 Å². The van der Waals surface area contributed by atoms with Gasteiger partial charge in [-0.05, 0) is 25.0 Å². The first kappa shape index (κ1) is 12.6. The summed E-state index contributed by atoms with van der Waals surface area (Å²) in [7, 11) is 0. The SMILES string of the molecule is O=C(CSC1CCCC1)c1c(F)cccc1F. The minimum Gasteiger partial charge on any atom is -0.293 e. The Bertz CT molecular complexity index is 394. The van der Waals surface area contributed by atoms with Crippen LogP contribution in [0.4, 0.5) is 8.78 Å². The van der Waals surface area contributed by atoms with Crippen LogP contribution in [0.15, 0.2) is 18.2 Å². The van der Waals surface area contributed by atoms with Crippen LogP contribution >= 0.6 is 11.8 Å². The lowest BCUT2D eigenvalue weighted by atomic mass is 10.1. The van der Waals surface area contributed by atoms with Crippen LogP contribution in [0, 0.1) is 11.6 Å². The van der Waals surface area contributed by atoms with Crippen LogP contribution < -0.4 is 0 Å². The number of rotatable bonds is 4. The third kappa shape index (κ3) is 3.06. The van der Waals surface area contributed by atoms with Crippen molar-refractivity contribution in [1.82, 2.24) is 0 Å². The van der Waals surface area contributed by atoms with E-state index in [-0.39, 0.29) is 5.75 Å². The molecule has 0 amide bonds. The highest BCUT2D eigenvalue weighted by Crippen LogP contribution is 2.30. The first-order chi connectivity index (χ1) is 8.18. The lowest BCUT2D eigenvalue weighted by Crippen LogP contribution is -2.10. The monoisotopic (exact) mass is 256 g/mol. The topological polar surface area (TPSA) is 17.1 Å². The summed E-state index contributed by atoms with van der Waals surface area (Å²) < 4.78 is 26.7. The van der Waals surface area contributed by atoms with Crippen molar-refractivity contribution in [3.8, 4) is 0 Å². The number of hydrogen-bond acceptors (Lipinski definition) is 2. The summed E-state index contributed by atoms with van der Waals surface area (Å²) in [6.45, 7) is 0. The minimum atomic E-state index is -0.762. The molecule has 1 aliphatic carbocycles. The van der Waals surface area contributed by atoms with Crippen LogP contribution in [-0.2, 0) is 0 Å². The average molecular weight is 256 g/mol. The van der Waals surface area contributed by atoms with E-state index in [1.807, 2.05) is 0 Å². The van der Waals surface area contributed by atoms with Crippen LogP contribution in [0.5, 0.6) is 0 Å². The Morgan fingerprint density at radius 1 is 1.24 bits per heavy atom. The largest absolute Gasteiger partial charge is 0.293 e. The maximum Gasteiger partial charge on any atom is 0.178 e. The molecule has 17 heavy (non-hydrogen) atoms.